The first kappa shape index (κ1) is 20.6. The number of nitrogens with one attached hydrogen (secondary N) is 1. The van der Waals surface area contributed by atoms with Crippen LogP contribution in [0.25, 0.3) is 33.4 Å². The summed E-state index contributed by atoms with van der Waals surface area (Å²) in [7, 11) is 0. The van der Waals surface area contributed by atoms with Crippen molar-refractivity contribution in [2.24, 2.45) is 0 Å². The average Bonchev–Trinajstić information content (AvgIpc) is 3.33. The number of fused-ring (bicyclic) bond motifs is 1. The van der Waals surface area contributed by atoms with Gasteiger partial charge in [-0.3, -0.25) is 9.78 Å². The lowest BCUT2D eigenvalue weighted by atomic mass is 10.0. The molecule has 0 atom stereocenters. The van der Waals surface area contributed by atoms with Crippen molar-refractivity contribution >= 4 is 40.0 Å². The van der Waals surface area contributed by atoms with E-state index in [4.69, 9.17) is 22.3 Å². The van der Waals surface area contributed by atoms with E-state index >= 15 is 0 Å². The van der Waals surface area contributed by atoms with Crippen molar-refractivity contribution in [1.82, 2.24) is 24.5 Å². The van der Waals surface area contributed by atoms with Gasteiger partial charge in [0.1, 0.15) is 6.54 Å². The van der Waals surface area contributed by atoms with Gasteiger partial charge in [0.2, 0.25) is 5.91 Å². The molecule has 0 aliphatic carbocycles. The molecular weight excluding hydrogens is 438 g/mol. The molecule has 3 aromatic heterocycles. The fraction of sp³-hybridized carbons (Fsp3) is 0.0417. The maximum Gasteiger partial charge on any atom is 0.245 e. The molecule has 3 N–H and O–H groups in total. The minimum Gasteiger partial charge on any atom is -0.381 e. The van der Waals surface area contributed by atoms with Crippen LogP contribution >= 0.6 is 11.6 Å². The average molecular weight is 456 g/mol. The highest BCUT2D eigenvalue weighted by molar-refractivity contribution is 6.35. The largest absolute Gasteiger partial charge is 0.381 e. The lowest BCUT2D eigenvalue weighted by molar-refractivity contribution is -0.116. The molecule has 1 amide bonds. The number of nitrogen functional groups attached to an aromatic ring is 1. The number of anilines is 2. The molecule has 0 saturated carbocycles. The summed E-state index contributed by atoms with van der Waals surface area (Å²) < 4.78 is 1.65. The van der Waals surface area contributed by atoms with E-state index in [1.165, 1.54) is 0 Å². The minimum atomic E-state index is -0.298. The van der Waals surface area contributed by atoms with Crippen LogP contribution in [-0.4, -0.2) is 30.4 Å². The second-order valence-corrected chi connectivity index (χ2v) is 7.74. The van der Waals surface area contributed by atoms with Crippen molar-refractivity contribution in [3.63, 3.8) is 0 Å². The predicted octanol–water partition coefficient (Wildman–Crippen LogP) is 4.43. The summed E-state index contributed by atoms with van der Waals surface area (Å²) >= 11 is 6.53. The highest BCUT2D eigenvalue weighted by Gasteiger charge is 2.18. The fourth-order valence-electron chi connectivity index (χ4n) is 3.54. The number of imidazole rings is 1. The van der Waals surface area contributed by atoms with Crippen molar-refractivity contribution in [3.8, 4) is 22.5 Å². The molecule has 3 heterocycles. The zero-order valence-electron chi connectivity index (χ0n) is 17.3. The third kappa shape index (κ3) is 4.24. The Morgan fingerprint density at radius 2 is 1.82 bits per heavy atom. The smallest absolute Gasteiger partial charge is 0.245 e. The van der Waals surface area contributed by atoms with E-state index < -0.39 is 0 Å². The third-order valence-corrected chi connectivity index (χ3v) is 5.33. The minimum absolute atomic E-state index is 0.0738. The Morgan fingerprint density at radius 1 is 1.00 bits per heavy atom. The molecule has 0 aliphatic heterocycles. The van der Waals surface area contributed by atoms with Crippen LogP contribution in [0.4, 0.5) is 11.6 Å². The van der Waals surface area contributed by atoms with Crippen LogP contribution in [0.5, 0.6) is 0 Å². The molecule has 5 aromatic rings. The first-order valence-corrected chi connectivity index (χ1v) is 10.5. The molecule has 2 aromatic carbocycles. The summed E-state index contributed by atoms with van der Waals surface area (Å²) in [5.74, 6) is -0.00417. The highest BCUT2D eigenvalue weighted by Crippen LogP contribution is 2.35. The molecule has 0 saturated heterocycles. The van der Waals surface area contributed by atoms with Gasteiger partial charge in [0.15, 0.2) is 11.6 Å². The number of benzene rings is 2. The zero-order chi connectivity index (χ0) is 22.8. The first-order valence-electron chi connectivity index (χ1n) is 10.1. The van der Waals surface area contributed by atoms with Crippen molar-refractivity contribution in [3.05, 3.63) is 84.5 Å². The van der Waals surface area contributed by atoms with Gasteiger partial charge in [-0.05, 0) is 18.2 Å². The normalized spacial score (nSPS) is 10.9. The van der Waals surface area contributed by atoms with Crippen molar-refractivity contribution in [2.45, 2.75) is 6.54 Å². The topological polar surface area (TPSA) is 112 Å². The maximum absolute atomic E-state index is 12.6. The van der Waals surface area contributed by atoms with Crippen LogP contribution < -0.4 is 11.1 Å². The maximum atomic E-state index is 12.6. The molecule has 0 aliphatic rings. The summed E-state index contributed by atoms with van der Waals surface area (Å²) in [6.45, 7) is 0.0738. The number of halogens is 1. The van der Waals surface area contributed by atoms with E-state index in [1.54, 1.807) is 35.6 Å². The van der Waals surface area contributed by atoms with Gasteiger partial charge in [-0.2, -0.15) is 0 Å². The molecule has 8 nitrogen and oxygen atoms in total. The summed E-state index contributed by atoms with van der Waals surface area (Å²) in [5, 5.41) is 4.11. The highest BCUT2D eigenvalue weighted by atomic mass is 35.5. The molecule has 0 radical (unpaired) electrons. The number of carbonyl (C=O) groups is 1. The second kappa shape index (κ2) is 8.68. The number of nitrogens with two attached hydrogens (primary N) is 1. The Bertz CT molecular complexity index is 1450. The second-order valence-electron chi connectivity index (χ2n) is 7.34. The number of rotatable bonds is 5. The fourth-order valence-corrected chi connectivity index (χ4v) is 3.82. The Hall–Kier alpha value is -4.30. The van der Waals surface area contributed by atoms with Gasteiger partial charge in [0, 0.05) is 35.1 Å². The molecule has 0 spiro atoms. The lowest BCUT2D eigenvalue weighted by Crippen LogP contribution is -2.20. The standard InChI is InChI=1S/C24H18ClN7O/c25-18-12-17(11-16-7-4-8-28-20(16)18)22-21(15-5-2-1-3-6-15)30-23(26)24(31-22)29-19(33)13-32-10-9-27-14-32/h1-12,14H,13H2,(H2,26,30)(H,29,31,33). The van der Waals surface area contributed by atoms with Gasteiger partial charge in [-0.15, -0.1) is 0 Å². The Morgan fingerprint density at radius 3 is 2.61 bits per heavy atom. The number of nitrogens with zero attached hydrogens (tertiary/aromatic N) is 5. The van der Waals surface area contributed by atoms with E-state index in [0.29, 0.717) is 21.9 Å². The van der Waals surface area contributed by atoms with E-state index in [9.17, 15) is 4.79 Å². The van der Waals surface area contributed by atoms with Gasteiger partial charge in [0.05, 0.1) is 28.3 Å². The monoisotopic (exact) mass is 455 g/mol. The van der Waals surface area contributed by atoms with Crippen LogP contribution in [0.3, 0.4) is 0 Å². The van der Waals surface area contributed by atoms with Crippen LogP contribution in [0.1, 0.15) is 0 Å². The summed E-state index contributed by atoms with van der Waals surface area (Å²) in [6, 6.07) is 17.1. The van der Waals surface area contributed by atoms with E-state index in [0.717, 1.165) is 16.5 Å². The Kier molecular flexibility index (Phi) is 5.42. The molecule has 0 unspecified atom stereocenters. The van der Waals surface area contributed by atoms with Gasteiger partial charge < -0.3 is 15.6 Å². The third-order valence-electron chi connectivity index (χ3n) is 5.05. The van der Waals surface area contributed by atoms with Crippen LogP contribution in [-0.2, 0) is 11.3 Å². The van der Waals surface area contributed by atoms with Gasteiger partial charge in [-0.25, -0.2) is 15.0 Å². The van der Waals surface area contributed by atoms with Crippen LogP contribution in [0.2, 0.25) is 5.02 Å². The van der Waals surface area contributed by atoms with E-state index in [2.05, 4.69) is 20.3 Å². The quantitative estimate of drug-likeness (QED) is 0.405. The Labute approximate surface area is 194 Å². The zero-order valence-corrected chi connectivity index (χ0v) is 18.1. The van der Waals surface area contributed by atoms with Gasteiger partial charge in [-0.1, -0.05) is 48.0 Å². The number of amides is 1. The van der Waals surface area contributed by atoms with E-state index in [-0.39, 0.29) is 24.1 Å². The van der Waals surface area contributed by atoms with E-state index in [1.807, 2.05) is 48.5 Å². The summed E-state index contributed by atoms with van der Waals surface area (Å²) in [6.07, 6.45) is 6.56. The van der Waals surface area contributed by atoms with Crippen LogP contribution in [0.15, 0.2) is 79.5 Å². The molecule has 162 valence electrons. The molecule has 33 heavy (non-hydrogen) atoms. The Balaban J connectivity index is 1.63. The number of aromatic nitrogens is 5. The van der Waals surface area contributed by atoms with Crippen molar-refractivity contribution < 1.29 is 4.79 Å². The number of carbonyl (C=O) groups excluding carboxylic acids is 1. The first-order chi connectivity index (χ1) is 16.1. The van der Waals surface area contributed by atoms with Gasteiger partial charge in [0.25, 0.3) is 0 Å². The van der Waals surface area contributed by atoms with Gasteiger partial charge >= 0.3 is 0 Å². The lowest BCUT2D eigenvalue weighted by Gasteiger charge is -2.14. The van der Waals surface area contributed by atoms with Crippen molar-refractivity contribution in [1.29, 1.82) is 0 Å². The number of pyridine rings is 1. The number of hydrogen-bond donors (Lipinski definition) is 2. The predicted molar refractivity (Wildman–Crippen MR) is 128 cm³/mol. The van der Waals surface area contributed by atoms with Crippen molar-refractivity contribution in [2.75, 3.05) is 11.1 Å². The number of hydrogen-bond acceptors (Lipinski definition) is 6. The molecular formula is C24H18ClN7O. The SMILES string of the molecule is Nc1nc(-c2ccccc2)c(-c2cc(Cl)c3ncccc3c2)nc1NC(=O)Cn1ccnc1. The summed E-state index contributed by atoms with van der Waals surface area (Å²) in [4.78, 5) is 30.2. The summed E-state index contributed by atoms with van der Waals surface area (Å²) in [5.41, 5.74) is 9.60. The molecule has 5 rings (SSSR count). The van der Waals surface area contributed by atoms with Crippen LogP contribution in [0, 0.1) is 0 Å². The molecule has 0 fully saturated rings. The molecule has 0 bridgehead atoms. The molecule has 9 heteroatoms.